The highest BCUT2D eigenvalue weighted by Gasteiger charge is 2.18. The molecule has 1 amide bonds. The molecular formula is C17H28N4O. The Morgan fingerprint density at radius 3 is 2.23 bits per heavy atom. The molecule has 1 N–H and O–H groups in total. The van der Waals surface area contributed by atoms with Crippen LogP contribution in [0.3, 0.4) is 0 Å². The van der Waals surface area contributed by atoms with Crippen molar-refractivity contribution in [3.63, 3.8) is 0 Å². The Balaban J connectivity index is 1.82. The van der Waals surface area contributed by atoms with E-state index in [1.807, 2.05) is 17.0 Å². The Hall–Kier alpha value is -1.75. The van der Waals surface area contributed by atoms with Gasteiger partial charge in [0, 0.05) is 50.6 Å². The molecule has 0 radical (unpaired) electrons. The van der Waals surface area contributed by atoms with Crippen LogP contribution in [0.5, 0.6) is 0 Å². The van der Waals surface area contributed by atoms with Crippen LogP contribution in [0.1, 0.15) is 13.8 Å². The van der Waals surface area contributed by atoms with E-state index in [0.29, 0.717) is 6.54 Å². The van der Waals surface area contributed by atoms with Gasteiger partial charge in [-0.1, -0.05) is 0 Å². The number of hydrogen-bond acceptors (Lipinski definition) is 4. The van der Waals surface area contributed by atoms with Crippen LogP contribution in [0.4, 0.5) is 11.4 Å². The normalized spacial score (nSPS) is 15.7. The van der Waals surface area contributed by atoms with Gasteiger partial charge in [-0.05, 0) is 45.2 Å². The molecule has 1 heterocycles. The molecule has 1 aromatic carbocycles. The fraction of sp³-hybridized carbons (Fsp3) is 0.588. The molecule has 0 aromatic heterocycles. The fourth-order valence-electron chi connectivity index (χ4n) is 2.72. The number of amides is 1. The molecule has 2 rings (SSSR count). The second-order valence-corrected chi connectivity index (χ2v) is 5.76. The molecule has 122 valence electrons. The second-order valence-electron chi connectivity index (χ2n) is 5.76. The standard InChI is InChI=1S/C17H28N4O/c1-4-20(5-2)16-8-6-15(7-9-16)18-14-17(22)21-12-10-19(3)11-13-21/h6-9,18H,4-5,10-14H2,1-3H3. The second kappa shape index (κ2) is 8.03. The highest BCUT2D eigenvalue weighted by atomic mass is 16.2. The molecule has 1 aromatic rings. The third-order valence-electron chi connectivity index (χ3n) is 4.30. The number of likely N-dealkylation sites (N-methyl/N-ethyl adjacent to an activating group) is 1. The first-order valence-electron chi connectivity index (χ1n) is 8.19. The van der Waals surface area contributed by atoms with E-state index in [1.54, 1.807) is 0 Å². The SMILES string of the molecule is CCN(CC)c1ccc(NCC(=O)N2CCN(C)CC2)cc1. The molecule has 1 aliphatic rings. The molecule has 1 aliphatic heterocycles. The number of nitrogens with one attached hydrogen (secondary N) is 1. The van der Waals surface area contributed by atoms with Crippen LogP contribution in [-0.4, -0.2) is 68.6 Å². The Labute approximate surface area is 133 Å². The summed E-state index contributed by atoms with van der Waals surface area (Å²) in [6.07, 6.45) is 0. The minimum absolute atomic E-state index is 0.181. The molecule has 5 nitrogen and oxygen atoms in total. The van der Waals surface area contributed by atoms with Gasteiger partial charge in [-0.25, -0.2) is 0 Å². The minimum Gasteiger partial charge on any atom is -0.376 e. The molecular weight excluding hydrogens is 276 g/mol. The maximum atomic E-state index is 12.2. The van der Waals surface area contributed by atoms with Gasteiger partial charge >= 0.3 is 0 Å². The van der Waals surface area contributed by atoms with E-state index in [2.05, 4.69) is 48.1 Å². The van der Waals surface area contributed by atoms with Crippen LogP contribution >= 0.6 is 0 Å². The number of hydrogen-bond donors (Lipinski definition) is 1. The van der Waals surface area contributed by atoms with Crippen molar-refractivity contribution in [2.75, 3.05) is 63.1 Å². The summed E-state index contributed by atoms with van der Waals surface area (Å²) in [7, 11) is 2.09. The number of rotatable bonds is 6. The first-order valence-corrected chi connectivity index (χ1v) is 8.19. The van der Waals surface area contributed by atoms with Crippen LogP contribution in [0.2, 0.25) is 0 Å². The van der Waals surface area contributed by atoms with Crippen LogP contribution in [0.25, 0.3) is 0 Å². The average molecular weight is 304 g/mol. The topological polar surface area (TPSA) is 38.8 Å². The van der Waals surface area contributed by atoms with Gasteiger partial charge in [-0.15, -0.1) is 0 Å². The average Bonchev–Trinajstić information content (AvgIpc) is 2.55. The Morgan fingerprint density at radius 1 is 1.09 bits per heavy atom. The smallest absolute Gasteiger partial charge is 0.241 e. The van der Waals surface area contributed by atoms with Crippen LogP contribution < -0.4 is 10.2 Å². The van der Waals surface area contributed by atoms with Gasteiger partial charge in [0.25, 0.3) is 0 Å². The number of carbonyl (C=O) groups is 1. The molecule has 0 saturated carbocycles. The molecule has 1 fully saturated rings. The van der Waals surface area contributed by atoms with Crippen molar-refractivity contribution in [1.82, 2.24) is 9.80 Å². The summed E-state index contributed by atoms with van der Waals surface area (Å²) in [6, 6.07) is 8.31. The minimum atomic E-state index is 0.181. The zero-order valence-electron chi connectivity index (χ0n) is 14.0. The zero-order chi connectivity index (χ0) is 15.9. The third kappa shape index (κ3) is 4.37. The molecule has 0 aliphatic carbocycles. The Morgan fingerprint density at radius 2 is 1.68 bits per heavy atom. The van der Waals surface area contributed by atoms with E-state index in [1.165, 1.54) is 5.69 Å². The number of benzene rings is 1. The van der Waals surface area contributed by atoms with Gasteiger partial charge in [0.05, 0.1) is 6.54 Å². The first kappa shape index (κ1) is 16.6. The van der Waals surface area contributed by atoms with Gasteiger partial charge in [0.1, 0.15) is 0 Å². The van der Waals surface area contributed by atoms with Crippen molar-refractivity contribution >= 4 is 17.3 Å². The van der Waals surface area contributed by atoms with Crippen molar-refractivity contribution in [2.45, 2.75) is 13.8 Å². The van der Waals surface area contributed by atoms with E-state index in [0.717, 1.165) is 45.0 Å². The Kier molecular flexibility index (Phi) is 6.07. The summed E-state index contributed by atoms with van der Waals surface area (Å²) in [4.78, 5) is 18.7. The molecule has 0 atom stereocenters. The fourth-order valence-corrected chi connectivity index (χ4v) is 2.72. The highest BCUT2D eigenvalue weighted by Crippen LogP contribution is 2.17. The maximum absolute atomic E-state index is 12.2. The quantitative estimate of drug-likeness (QED) is 0.868. The third-order valence-corrected chi connectivity index (χ3v) is 4.30. The van der Waals surface area contributed by atoms with Gasteiger partial charge < -0.3 is 20.0 Å². The predicted molar refractivity (Wildman–Crippen MR) is 92.6 cm³/mol. The number of nitrogens with zero attached hydrogens (tertiary/aromatic N) is 3. The number of piperazine rings is 1. The summed E-state index contributed by atoms with van der Waals surface area (Å²) in [6.45, 7) is 10.3. The summed E-state index contributed by atoms with van der Waals surface area (Å²) in [5.41, 5.74) is 2.22. The van der Waals surface area contributed by atoms with E-state index in [-0.39, 0.29) is 5.91 Å². The summed E-state index contributed by atoms with van der Waals surface area (Å²) in [5, 5.41) is 3.23. The molecule has 1 saturated heterocycles. The van der Waals surface area contributed by atoms with E-state index in [4.69, 9.17) is 0 Å². The summed E-state index contributed by atoms with van der Waals surface area (Å²) in [5.74, 6) is 0.181. The molecule has 5 heteroatoms. The first-order chi connectivity index (χ1) is 10.6. The van der Waals surface area contributed by atoms with E-state index in [9.17, 15) is 4.79 Å². The lowest BCUT2D eigenvalue weighted by molar-refractivity contribution is -0.130. The van der Waals surface area contributed by atoms with Crippen molar-refractivity contribution < 1.29 is 4.79 Å². The van der Waals surface area contributed by atoms with Crippen molar-refractivity contribution in [1.29, 1.82) is 0 Å². The lowest BCUT2D eigenvalue weighted by Gasteiger charge is -2.32. The van der Waals surface area contributed by atoms with Crippen molar-refractivity contribution in [3.05, 3.63) is 24.3 Å². The van der Waals surface area contributed by atoms with Gasteiger partial charge in [-0.3, -0.25) is 4.79 Å². The van der Waals surface area contributed by atoms with E-state index < -0.39 is 0 Å². The van der Waals surface area contributed by atoms with Crippen LogP contribution in [0.15, 0.2) is 24.3 Å². The molecule has 0 spiro atoms. The monoisotopic (exact) mass is 304 g/mol. The van der Waals surface area contributed by atoms with Gasteiger partial charge in [0.15, 0.2) is 0 Å². The predicted octanol–water partition coefficient (Wildman–Crippen LogP) is 1.72. The van der Waals surface area contributed by atoms with Gasteiger partial charge in [-0.2, -0.15) is 0 Å². The largest absolute Gasteiger partial charge is 0.376 e. The maximum Gasteiger partial charge on any atom is 0.241 e. The lowest BCUT2D eigenvalue weighted by atomic mass is 10.2. The summed E-state index contributed by atoms with van der Waals surface area (Å²) < 4.78 is 0. The zero-order valence-corrected chi connectivity index (χ0v) is 14.0. The van der Waals surface area contributed by atoms with Crippen molar-refractivity contribution in [3.8, 4) is 0 Å². The lowest BCUT2D eigenvalue weighted by Crippen LogP contribution is -2.48. The number of anilines is 2. The number of carbonyl (C=O) groups excluding carboxylic acids is 1. The molecule has 22 heavy (non-hydrogen) atoms. The van der Waals surface area contributed by atoms with Gasteiger partial charge in [0.2, 0.25) is 5.91 Å². The Bertz CT molecular complexity index is 462. The van der Waals surface area contributed by atoms with Crippen molar-refractivity contribution in [2.24, 2.45) is 0 Å². The van der Waals surface area contributed by atoms with E-state index >= 15 is 0 Å². The summed E-state index contributed by atoms with van der Waals surface area (Å²) >= 11 is 0. The molecule has 0 bridgehead atoms. The van der Waals surface area contributed by atoms with Crippen LogP contribution in [0, 0.1) is 0 Å². The van der Waals surface area contributed by atoms with Crippen LogP contribution in [-0.2, 0) is 4.79 Å². The molecule has 0 unspecified atom stereocenters. The highest BCUT2D eigenvalue weighted by molar-refractivity contribution is 5.81.